The lowest BCUT2D eigenvalue weighted by atomic mass is 10.2. The third-order valence-electron chi connectivity index (χ3n) is 5.15. The van der Waals surface area contributed by atoms with Crippen molar-refractivity contribution < 1.29 is 4.79 Å². The fourth-order valence-electron chi connectivity index (χ4n) is 3.57. The van der Waals surface area contributed by atoms with Gasteiger partial charge in [0.1, 0.15) is 0 Å². The van der Waals surface area contributed by atoms with Crippen LogP contribution in [0, 0.1) is 6.92 Å². The van der Waals surface area contributed by atoms with E-state index >= 15 is 0 Å². The molecule has 3 rings (SSSR count). The first kappa shape index (κ1) is 19.6. The van der Waals surface area contributed by atoms with E-state index in [-0.39, 0.29) is 5.91 Å². The van der Waals surface area contributed by atoms with Gasteiger partial charge in [-0.1, -0.05) is 29.8 Å². The van der Waals surface area contributed by atoms with E-state index in [9.17, 15) is 4.79 Å². The van der Waals surface area contributed by atoms with E-state index < -0.39 is 0 Å². The number of aryl methyl sites for hydroxylation is 1. The number of carbonyl (C=O) groups is 1. The number of hydrogen-bond acceptors (Lipinski definition) is 3. The Morgan fingerprint density at radius 2 is 1.81 bits per heavy atom. The number of anilines is 2. The molecule has 0 saturated carbocycles. The molecule has 0 N–H and O–H groups in total. The van der Waals surface area contributed by atoms with Crippen LogP contribution in [-0.2, 0) is 4.79 Å². The number of piperazine rings is 1. The Morgan fingerprint density at radius 3 is 2.48 bits per heavy atom. The van der Waals surface area contributed by atoms with Gasteiger partial charge in [-0.25, -0.2) is 0 Å². The van der Waals surface area contributed by atoms with Gasteiger partial charge in [0.25, 0.3) is 0 Å². The second kappa shape index (κ2) is 9.14. The number of carbonyl (C=O) groups excluding carboxylic acids is 1. The second-order valence-corrected chi connectivity index (χ2v) is 7.45. The summed E-state index contributed by atoms with van der Waals surface area (Å²) >= 11 is 6.09. The van der Waals surface area contributed by atoms with Crippen LogP contribution in [0.1, 0.15) is 18.9 Å². The topological polar surface area (TPSA) is 26.8 Å². The van der Waals surface area contributed by atoms with E-state index in [0.29, 0.717) is 6.42 Å². The van der Waals surface area contributed by atoms with Crippen molar-refractivity contribution in [3.63, 3.8) is 0 Å². The van der Waals surface area contributed by atoms with Crippen molar-refractivity contribution in [1.29, 1.82) is 0 Å². The third kappa shape index (κ3) is 5.16. The zero-order chi connectivity index (χ0) is 19.2. The van der Waals surface area contributed by atoms with Crippen molar-refractivity contribution in [3.8, 4) is 0 Å². The molecule has 0 bridgehead atoms. The predicted octanol–water partition coefficient (Wildman–Crippen LogP) is 4.21. The molecule has 27 heavy (non-hydrogen) atoms. The number of halogens is 1. The molecule has 1 fully saturated rings. The van der Waals surface area contributed by atoms with E-state index in [0.717, 1.165) is 50.0 Å². The number of rotatable bonds is 6. The fraction of sp³-hybridized carbons (Fsp3) is 0.409. The lowest BCUT2D eigenvalue weighted by Gasteiger charge is -2.36. The molecule has 1 heterocycles. The Morgan fingerprint density at radius 1 is 1.07 bits per heavy atom. The Kier molecular flexibility index (Phi) is 6.62. The van der Waals surface area contributed by atoms with Crippen molar-refractivity contribution in [1.82, 2.24) is 4.90 Å². The maximum Gasteiger partial charge on any atom is 0.224 e. The van der Waals surface area contributed by atoms with Crippen LogP contribution in [0.15, 0.2) is 48.5 Å². The third-order valence-corrected chi connectivity index (χ3v) is 5.38. The molecule has 5 heteroatoms. The molecule has 0 radical (unpaired) electrons. The van der Waals surface area contributed by atoms with Gasteiger partial charge in [0.15, 0.2) is 0 Å². The molecule has 1 amide bonds. The lowest BCUT2D eigenvalue weighted by molar-refractivity contribution is -0.131. The molecule has 2 aromatic carbocycles. The van der Waals surface area contributed by atoms with Gasteiger partial charge >= 0.3 is 0 Å². The number of hydrogen-bond donors (Lipinski definition) is 0. The Labute approximate surface area is 167 Å². The summed E-state index contributed by atoms with van der Waals surface area (Å²) in [6, 6.07) is 16.4. The highest BCUT2D eigenvalue weighted by molar-refractivity contribution is 6.30. The van der Waals surface area contributed by atoms with Crippen LogP contribution >= 0.6 is 11.6 Å². The number of benzene rings is 2. The highest BCUT2D eigenvalue weighted by Gasteiger charge is 2.21. The van der Waals surface area contributed by atoms with Crippen LogP contribution in [0.5, 0.6) is 0 Å². The lowest BCUT2D eigenvalue weighted by Crippen LogP contribution is -2.49. The van der Waals surface area contributed by atoms with Gasteiger partial charge in [-0.05, 0) is 49.7 Å². The van der Waals surface area contributed by atoms with Gasteiger partial charge in [0.2, 0.25) is 5.91 Å². The molecule has 0 atom stereocenters. The van der Waals surface area contributed by atoms with Gasteiger partial charge in [-0.3, -0.25) is 4.79 Å². The van der Waals surface area contributed by atoms with E-state index in [1.807, 2.05) is 23.1 Å². The van der Waals surface area contributed by atoms with E-state index in [1.54, 1.807) is 0 Å². The summed E-state index contributed by atoms with van der Waals surface area (Å²) in [5.41, 5.74) is 3.57. The Balaban J connectivity index is 1.50. The predicted molar refractivity (Wildman–Crippen MR) is 114 cm³/mol. The number of nitrogens with zero attached hydrogens (tertiary/aromatic N) is 3. The monoisotopic (exact) mass is 385 g/mol. The minimum atomic E-state index is 0.242. The first-order chi connectivity index (χ1) is 13.1. The molecular weight excluding hydrogens is 358 g/mol. The normalized spacial score (nSPS) is 14.3. The molecule has 144 valence electrons. The summed E-state index contributed by atoms with van der Waals surface area (Å²) in [5, 5.41) is 0.752. The standard InChI is InChI=1S/C22H28ClN3O/c1-3-24(20-8-4-6-18(2)16-20)11-10-22(27)26-14-12-25(13-15-26)21-9-5-7-19(23)17-21/h4-9,16-17H,3,10-15H2,1-2H3. The Bertz CT molecular complexity index is 772. The van der Waals surface area contributed by atoms with Crippen molar-refractivity contribution in [2.75, 3.05) is 49.1 Å². The van der Waals surface area contributed by atoms with Crippen molar-refractivity contribution in [2.45, 2.75) is 20.3 Å². The van der Waals surface area contributed by atoms with Crippen LogP contribution in [0.25, 0.3) is 0 Å². The van der Waals surface area contributed by atoms with Crippen LogP contribution < -0.4 is 9.80 Å². The minimum Gasteiger partial charge on any atom is -0.371 e. The minimum absolute atomic E-state index is 0.242. The zero-order valence-electron chi connectivity index (χ0n) is 16.2. The van der Waals surface area contributed by atoms with Crippen LogP contribution in [0.4, 0.5) is 11.4 Å². The maximum absolute atomic E-state index is 12.7. The zero-order valence-corrected chi connectivity index (χ0v) is 17.0. The molecular formula is C22H28ClN3O. The molecule has 1 saturated heterocycles. The molecule has 1 aliphatic heterocycles. The summed E-state index contributed by atoms with van der Waals surface area (Å²) < 4.78 is 0. The average Bonchev–Trinajstić information content (AvgIpc) is 2.68. The largest absolute Gasteiger partial charge is 0.371 e. The summed E-state index contributed by atoms with van der Waals surface area (Å²) in [5.74, 6) is 0.242. The van der Waals surface area contributed by atoms with Gasteiger partial charge < -0.3 is 14.7 Å². The van der Waals surface area contributed by atoms with Gasteiger partial charge in [-0.15, -0.1) is 0 Å². The smallest absolute Gasteiger partial charge is 0.224 e. The quantitative estimate of drug-likeness (QED) is 0.745. The van der Waals surface area contributed by atoms with E-state index in [1.165, 1.54) is 11.3 Å². The molecule has 0 unspecified atom stereocenters. The molecule has 0 spiro atoms. The van der Waals surface area contributed by atoms with Crippen LogP contribution in [0.3, 0.4) is 0 Å². The van der Waals surface area contributed by atoms with Crippen molar-refractivity contribution in [2.24, 2.45) is 0 Å². The highest BCUT2D eigenvalue weighted by atomic mass is 35.5. The molecule has 2 aromatic rings. The summed E-state index contributed by atoms with van der Waals surface area (Å²) in [6.45, 7) is 9.12. The van der Waals surface area contributed by atoms with Gasteiger partial charge in [0.05, 0.1) is 0 Å². The van der Waals surface area contributed by atoms with Gasteiger partial charge in [-0.2, -0.15) is 0 Å². The van der Waals surface area contributed by atoms with Crippen LogP contribution in [0.2, 0.25) is 5.02 Å². The summed E-state index contributed by atoms with van der Waals surface area (Å²) in [4.78, 5) is 19.2. The SMILES string of the molecule is CCN(CCC(=O)N1CCN(c2cccc(Cl)c2)CC1)c1cccc(C)c1. The summed E-state index contributed by atoms with van der Waals surface area (Å²) in [6.07, 6.45) is 0.555. The summed E-state index contributed by atoms with van der Waals surface area (Å²) in [7, 11) is 0. The Hall–Kier alpha value is -2.20. The first-order valence-electron chi connectivity index (χ1n) is 9.66. The van der Waals surface area contributed by atoms with E-state index in [4.69, 9.17) is 11.6 Å². The van der Waals surface area contributed by atoms with Crippen molar-refractivity contribution in [3.05, 3.63) is 59.1 Å². The number of amides is 1. The van der Waals surface area contributed by atoms with E-state index in [2.05, 4.69) is 54.0 Å². The average molecular weight is 386 g/mol. The molecule has 4 nitrogen and oxygen atoms in total. The molecule has 0 aliphatic carbocycles. The van der Waals surface area contributed by atoms with Crippen LogP contribution in [-0.4, -0.2) is 50.1 Å². The fourth-order valence-corrected chi connectivity index (χ4v) is 3.75. The second-order valence-electron chi connectivity index (χ2n) is 7.02. The van der Waals surface area contributed by atoms with Gasteiger partial charge in [0, 0.05) is 62.1 Å². The maximum atomic E-state index is 12.7. The molecule has 0 aromatic heterocycles. The van der Waals surface area contributed by atoms with Crippen molar-refractivity contribution >= 4 is 28.9 Å². The molecule has 1 aliphatic rings. The first-order valence-corrected chi connectivity index (χ1v) is 10.0. The highest BCUT2D eigenvalue weighted by Crippen LogP contribution is 2.21.